The summed E-state index contributed by atoms with van der Waals surface area (Å²) >= 11 is 0. The molecule has 4 atom stereocenters. The van der Waals surface area contributed by atoms with Crippen LogP contribution in [0.4, 0.5) is 0 Å². The van der Waals surface area contributed by atoms with E-state index in [0.717, 1.165) is 22.0 Å². The van der Waals surface area contributed by atoms with E-state index in [1.807, 2.05) is 37.3 Å². The molecule has 38 heavy (non-hydrogen) atoms. The molecule has 7 N–H and O–H groups in total. The van der Waals surface area contributed by atoms with Crippen LogP contribution >= 0.6 is 0 Å². The molecule has 3 rings (SSSR count). The van der Waals surface area contributed by atoms with Crippen molar-refractivity contribution in [2.24, 2.45) is 11.7 Å². The Kier molecular flexibility index (Phi) is 10.0. The molecule has 10 nitrogen and oxygen atoms in total. The molecule has 0 saturated carbocycles. The fraction of sp³-hybridized carbons (Fsp3) is 0.357. The minimum Gasteiger partial charge on any atom is -0.480 e. The first-order valence-electron chi connectivity index (χ1n) is 12.6. The number of nitrogens with one attached hydrogen (secondary N) is 4. The summed E-state index contributed by atoms with van der Waals surface area (Å²) in [6.07, 6.45) is 2.59. The average molecular weight is 522 g/mol. The normalized spacial score (nSPS) is 14.2. The number of hydrogen-bond acceptors (Lipinski definition) is 5. The van der Waals surface area contributed by atoms with Crippen molar-refractivity contribution >= 4 is 34.6 Å². The molecule has 0 aliphatic carbocycles. The fourth-order valence-corrected chi connectivity index (χ4v) is 4.25. The van der Waals surface area contributed by atoms with E-state index in [-0.39, 0.29) is 25.3 Å². The lowest BCUT2D eigenvalue weighted by Gasteiger charge is -2.27. The summed E-state index contributed by atoms with van der Waals surface area (Å²) in [4.78, 5) is 53.9. The van der Waals surface area contributed by atoms with Crippen LogP contribution in [0.15, 0.2) is 60.8 Å². The molecule has 0 saturated heterocycles. The van der Waals surface area contributed by atoms with Crippen molar-refractivity contribution < 1.29 is 24.3 Å². The Morgan fingerprint density at radius 1 is 0.895 bits per heavy atom. The number of aromatic amines is 1. The number of para-hydroxylation sites is 1. The SMILES string of the molecule is CCC(C)C(NC(=O)C(Cc1c[nH]c2ccccc12)NC(=O)CN)C(=O)NC(Cc1ccccc1)C(=O)O. The lowest BCUT2D eigenvalue weighted by atomic mass is 9.96. The van der Waals surface area contributed by atoms with Crippen molar-refractivity contribution in [2.45, 2.75) is 51.2 Å². The van der Waals surface area contributed by atoms with Crippen molar-refractivity contribution in [1.82, 2.24) is 20.9 Å². The number of carboxylic acids is 1. The van der Waals surface area contributed by atoms with E-state index in [2.05, 4.69) is 20.9 Å². The van der Waals surface area contributed by atoms with Gasteiger partial charge in [0.1, 0.15) is 18.1 Å². The highest BCUT2D eigenvalue weighted by Gasteiger charge is 2.32. The van der Waals surface area contributed by atoms with Gasteiger partial charge in [0, 0.05) is 29.9 Å². The topological polar surface area (TPSA) is 166 Å². The molecule has 0 aliphatic rings. The number of amides is 3. The standard InChI is InChI=1S/C28H35N5O5/c1-3-17(2)25(27(36)32-23(28(37)38)13-18-9-5-4-6-10-18)33-26(35)22(31-24(34)15-29)14-19-16-30-21-12-8-7-11-20(19)21/h4-12,16-17,22-23,25,30H,3,13-15,29H2,1-2H3,(H,31,34)(H,32,36)(H,33,35)(H,37,38). The van der Waals surface area contributed by atoms with Crippen LogP contribution in [0.3, 0.4) is 0 Å². The highest BCUT2D eigenvalue weighted by molar-refractivity contribution is 5.94. The number of hydrogen-bond donors (Lipinski definition) is 6. The number of aromatic nitrogens is 1. The predicted octanol–water partition coefficient (Wildman–Crippen LogP) is 1.50. The third-order valence-corrected chi connectivity index (χ3v) is 6.63. The van der Waals surface area contributed by atoms with Crippen LogP contribution in [-0.2, 0) is 32.0 Å². The Labute approximate surface area is 221 Å². The molecule has 10 heteroatoms. The maximum Gasteiger partial charge on any atom is 0.326 e. The van der Waals surface area contributed by atoms with Gasteiger partial charge in [0.05, 0.1) is 6.54 Å². The van der Waals surface area contributed by atoms with Gasteiger partial charge in [-0.3, -0.25) is 14.4 Å². The summed E-state index contributed by atoms with van der Waals surface area (Å²) < 4.78 is 0. The number of carbonyl (C=O) groups is 4. The predicted molar refractivity (Wildman–Crippen MR) is 144 cm³/mol. The Hall–Kier alpha value is -4.18. The molecule has 2 aromatic carbocycles. The van der Waals surface area contributed by atoms with Gasteiger partial charge in [0.2, 0.25) is 17.7 Å². The maximum absolute atomic E-state index is 13.4. The van der Waals surface area contributed by atoms with Gasteiger partial charge in [-0.25, -0.2) is 4.79 Å². The first-order valence-corrected chi connectivity index (χ1v) is 12.6. The minimum absolute atomic E-state index is 0.0961. The molecule has 202 valence electrons. The highest BCUT2D eigenvalue weighted by Crippen LogP contribution is 2.19. The second kappa shape index (κ2) is 13.4. The average Bonchev–Trinajstić information content (AvgIpc) is 3.33. The van der Waals surface area contributed by atoms with E-state index < -0.39 is 41.8 Å². The van der Waals surface area contributed by atoms with Crippen molar-refractivity contribution in [2.75, 3.05) is 6.54 Å². The molecule has 0 spiro atoms. The smallest absolute Gasteiger partial charge is 0.326 e. The molecule has 0 radical (unpaired) electrons. The second-order valence-electron chi connectivity index (χ2n) is 9.35. The number of fused-ring (bicyclic) bond motifs is 1. The van der Waals surface area contributed by atoms with Crippen molar-refractivity contribution in [1.29, 1.82) is 0 Å². The number of aliphatic carboxylic acids is 1. The maximum atomic E-state index is 13.4. The van der Waals surface area contributed by atoms with E-state index in [4.69, 9.17) is 5.73 Å². The van der Waals surface area contributed by atoms with E-state index in [9.17, 15) is 24.3 Å². The Balaban J connectivity index is 1.79. The zero-order valence-corrected chi connectivity index (χ0v) is 21.6. The summed E-state index contributed by atoms with van der Waals surface area (Å²) in [5.74, 6) is -3.16. The highest BCUT2D eigenvalue weighted by atomic mass is 16.4. The van der Waals surface area contributed by atoms with Crippen LogP contribution < -0.4 is 21.7 Å². The van der Waals surface area contributed by atoms with Crippen LogP contribution in [0.2, 0.25) is 0 Å². The zero-order valence-electron chi connectivity index (χ0n) is 21.6. The number of carbonyl (C=O) groups excluding carboxylic acids is 3. The van der Waals surface area contributed by atoms with Gasteiger partial charge in [-0.15, -0.1) is 0 Å². The lowest BCUT2D eigenvalue weighted by molar-refractivity contribution is -0.142. The molecule has 0 fully saturated rings. The van der Waals surface area contributed by atoms with Gasteiger partial charge in [0.25, 0.3) is 0 Å². The van der Waals surface area contributed by atoms with Gasteiger partial charge < -0.3 is 31.8 Å². The Bertz CT molecular complexity index is 1260. The van der Waals surface area contributed by atoms with Gasteiger partial charge >= 0.3 is 5.97 Å². The lowest BCUT2D eigenvalue weighted by Crippen LogP contribution is -2.58. The monoisotopic (exact) mass is 521 g/mol. The molecular formula is C28H35N5O5. The minimum atomic E-state index is -1.18. The van der Waals surface area contributed by atoms with Gasteiger partial charge in [0.15, 0.2) is 0 Å². The molecule has 0 aliphatic heterocycles. The molecule has 1 heterocycles. The molecule has 3 amide bonds. The number of nitrogens with two attached hydrogens (primary N) is 1. The first-order chi connectivity index (χ1) is 18.2. The molecule has 4 unspecified atom stereocenters. The summed E-state index contributed by atoms with van der Waals surface area (Å²) in [6, 6.07) is 13.4. The quantitative estimate of drug-likeness (QED) is 0.199. The van der Waals surface area contributed by atoms with Crippen molar-refractivity contribution in [3.63, 3.8) is 0 Å². The number of benzene rings is 2. The first kappa shape index (κ1) is 28.4. The van der Waals surface area contributed by atoms with Crippen LogP contribution in [0, 0.1) is 5.92 Å². The molecular weight excluding hydrogens is 486 g/mol. The summed E-state index contributed by atoms with van der Waals surface area (Å²) in [5, 5.41) is 18.6. The van der Waals surface area contributed by atoms with E-state index in [0.29, 0.717) is 6.42 Å². The van der Waals surface area contributed by atoms with E-state index >= 15 is 0 Å². The third kappa shape index (κ3) is 7.42. The van der Waals surface area contributed by atoms with Crippen LogP contribution in [0.25, 0.3) is 10.9 Å². The fourth-order valence-electron chi connectivity index (χ4n) is 4.25. The summed E-state index contributed by atoms with van der Waals surface area (Å²) in [7, 11) is 0. The van der Waals surface area contributed by atoms with Gasteiger partial charge in [-0.2, -0.15) is 0 Å². The van der Waals surface area contributed by atoms with Crippen LogP contribution in [0.1, 0.15) is 31.4 Å². The summed E-state index contributed by atoms with van der Waals surface area (Å²) in [5.41, 5.74) is 7.94. The van der Waals surface area contributed by atoms with Crippen molar-refractivity contribution in [3.05, 3.63) is 71.9 Å². The number of rotatable bonds is 13. The molecule has 0 bridgehead atoms. The van der Waals surface area contributed by atoms with Crippen LogP contribution in [0.5, 0.6) is 0 Å². The van der Waals surface area contributed by atoms with Gasteiger partial charge in [-0.05, 0) is 23.1 Å². The Morgan fingerprint density at radius 2 is 1.58 bits per heavy atom. The molecule has 1 aromatic heterocycles. The van der Waals surface area contributed by atoms with E-state index in [1.165, 1.54) is 0 Å². The largest absolute Gasteiger partial charge is 0.480 e. The summed E-state index contributed by atoms with van der Waals surface area (Å²) in [6.45, 7) is 3.37. The number of H-pyrrole nitrogens is 1. The molecule has 3 aromatic rings. The number of carboxylic acid groups (broad SMARTS) is 1. The second-order valence-corrected chi connectivity index (χ2v) is 9.35. The van der Waals surface area contributed by atoms with Crippen LogP contribution in [-0.4, -0.2) is 58.5 Å². The third-order valence-electron chi connectivity index (χ3n) is 6.63. The Morgan fingerprint density at radius 3 is 2.24 bits per heavy atom. The van der Waals surface area contributed by atoms with E-state index in [1.54, 1.807) is 37.4 Å². The van der Waals surface area contributed by atoms with Gasteiger partial charge in [-0.1, -0.05) is 68.8 Å². The van der Waals surface area contributed by atoms with Crippen molar-refractivity contribution in [3.8, 4) is 0 Å². The zero-order chi connectivity index (χ0) is 27.7.